The van der Waals surface area contributed by atoms with E-state index in [1.807, 2.05) is 25.7 Å². The summed E-state index contributed by atoms with van der Waals surface area (Å²) in [5.41, 5.74) is 0.0632. The molecule has 11 nitrogen and oxygen atoms in total. The predicted octanol–water partition coefficient (Wildman–Crippen LogP) is 2.33. The van der Waals surface area contributed by atoms with Crippen LogP contribution in [0, 0.1) is 23.2 Å². The minimum absolute atomic E-state index is 0.0164. The van der Waals surface area contributed by atoms with Gasteiger partial charge in [0, 0.05) is 26.2 Å². The molecule has 0 unspecified atom stereocenters. The van der Waals surface area contributed by atoms with Crippen LogP contribution in [0.15, 0.2) is 33.9 Å². The number of nitriles is 1. The van der Waals surface area contributed by atoms with Crippen molar-refractivity contribution < 1.29 is 9.53 Å². The molecule has 0 spiro atoms. The van der Waals surface area contributed by atoms with Crippen LogP contribution >= 0.6 is 0 Å². The second-order valence-electron chi connectivity index (χ2n) is 10.6. The van der Waals surface area contributed by atoms with Crippen LogP contribution in [0.4, 0.5) is 10.7 Å². The lowest BCUT2D eigenvalue weighted by atomic mass is 10.1. The predicted molar refractivity (Wildman–Crippen MR) is 148 cm³/mol. The Morgan fingerprint density at radius 3 is 2.72 bits per heavy atom. The number of fused-ring (bicyclic) bond motifs is 1. The number of rotatable bonds is 5. The number of nitrogens with zero attached hydrogens (tertiary/aromatic N) is 6. The molecule has 1 fully saturated rings. The molecule has 1 amide bonds. The smallest absolute Gasteiger partial charge is 0.407 e. The highest BCUT2D eigenvalue weighted by molar-refractivity contribution is 5.75. The normalized spacial score (nSPS) is 15.4. The lowest BCUT2D eigenvalue weighted by Crippen LogP contribution is -2.49. The summed E-state index contributed by atoms with van der Waals surface area (Å²) in [6, 6.07) is 8.73. The first-order valence-electron chi connectivity index (χ1n) is 12.9. The molecule has 0 radical (unpaired) electrons. The largest absolute Gasteiger partial charge is 0.444 e. The quantitative estimate of drug-likeness (QED) is 0.501. The van der Waals surface area contributed by atoms with Crippen molar-refractivity contribution in [3.63, 3.8) is 0 Å². The van der Waals surface area contributed by atoms with E-state index in [9.17, 15) is 19.6 Å². The Balaban J connectivity index is 1.76. The molecule has 1 atom stereocenters. The molecule has 0 bridgehead atoms. The van der Waals surface area contributed by atoms with Crippen LogP contribution in [0.1, 0.15) is 51.7 Å². The van der Waals surface area contributed by atoms with Gasteiger partial charge in [0.2, 0.25) is 5.95 Å². The third-order valence-corrected chi connectivity index (χ3v) is 6.45. The van der Waals surface area contributed by atoms with Crippen molar-refractivity contribution >= 4 is 23.2 Å². The van der Waals surface area contributed by atoms with E-state index in [1.165, 1.54) is 4.57 Å². The number of piperidine rings is 1. The lowest BCUT2D eigenvalue weighted by molar-refractivity contribution is 0.0499. The SMILES string of the molecule is CC#CCn1c(N2CCC[C@@H](NC(=O)OC(C)(C)C)C2)nc2c1c(=O)n(Cc1cccc(C#N)c1)c(=O)n2C. The van der Waals surface area contributed by atoms with Gasteiger partial charge in [0.05, 0.1) is 24.7 Å². The fourth-order valence-electron chi connectivity index (χ4n) is 4.72. The average Bonchev–Trinajstić information content (AvgIpc) is 3.27. The maximum atomic E-state index is 13.8. The summed E-state index contributed by atoms with van der Waals surface area (Å²) in [5.74, 6) is 6.41. The molecule has 4 rings (SSSR count). The van der Waals surface area contributed by atoms with Crippen LogP contribution in [-0.4, -0.2) is 49.5 Å². The lowest BCUT2D eigenvalue weighted by Gasteiger charge is -2.34. The number of ether oxygens (including phenoxy) is 1. The van der Waals surface area contributed by atoms with Gasteiger partial charge in [0.15, 0.2) is 11.2 Å². The number of aromatic nitrogens is 4. The van der Waals surface area contributed by atoms with Crippen molar-refractivity contribution in [2.45, 2.75) is 65.3 Å². The van der Waals surface area contributed by atoms with Gasteiger partial charge in [0.1, 0.15) is 5.60 Å². The zero-order valence-electron chi connectivity index (χ0n) is 22.9. The van der Waals surface area contributed by atoms with Crippen LogP contribution in [0.2, 0.25) is 0 Å². The Bertz CT molecular complexity index is 1620. The average molecular weight is 532 g/mol. The van der Waals surface area contributed by atoms with Gasteiger partial charge in [-0.2, -0.15) is 10.2 Å². The summed E-state index contributed by atoms with van der Waals surface area (Å²) in [5, 5.41) is 12.2. The van der Waals surface area contributed by atoms with Gasteiger partial charge in [-0.25, -0.2) is 9.59 Å². The van der Waals surface area contributed by atoms with E-state index in [0.717, 1.165) is 17.4 Å². The molecular weight excluding hydrogens is 498 g/mol. The molecule has 3 aromatic rings. The van der Waals surface area contributed by atoms with Crippen LogP contribution < -0.4 is 21.5 Å². The molecule has 0 aliphatic carbocycles. The minimum atomic E-state index is -0.605. The van der Waals surface area contributed by atoms with Crippen molar-refractivity contribution in [1.82, 2.24) is 24.0 Å². The number of benzene rings is 1. The molecule has 1 N–H and O–H groups in total. The van der Waals surface area contributed by atoms with E-state index >= 15 is 0 Å². The molecule has 204 valence electrons. The highest BCUT2D eigenvalue weighted by atomic mass is 16.6. The first-order chi connectivity index (χ1) is 18.5. The van der Waals surface area contributed by atoms with Gasteiger partial charge in [-0.05, 0) is 58.2 Å². The summed E-state index contributed by atoms with van der Waals surface area (Å²) >= 11 is 0. The summed E-state index contributed by atoms with van der Waals surface area (Å²) in [6.07, 6.45) is 1.09. The highest BCUT2D eigenvalue weighted by Gasteiger charge is 2.29. The number of hydrogen-bond donors (Lipinski definition) is 1. The van der Waals surface area contributed by atoms with Gasteiger partial charge in [0.25, 0.3) is 5.56 Å². The highest BCUT2D eigenvalue weighted by Crippen LogP contribution is 2.23. The van der Waals surface area contributed by atoms with E-state index < -0.39 is 22.9 Å². The molecule has 39 heavy (non-hydrogen) atoms. The third kappa shape index (κ3) is 5.99. The number of aryl methyl sites for hydroxylation is 1. The van der Waals surface area contributed by atoms with E-state index in [-0.39, 0.29) is 30.3 Å². The molecule has 1 saturated heterocycles. The Labute approximate surface area is 226 Å². The summed E-state index contributed by atoms with van der Waals surface area (Å²) in [6.45, 7) is 8.51. The number of carbonyl (C=O) groups is 1. The van der Waals surface area contributed by atoms with Crippen molar-refractivity contribution in [3.8, 4) is 17.9 Å². The first-order valence-corrected chi connectivity index (χ1v) is 12.9. The monoisotopic (exact) mass is 531 g/mol. The van der Waals surface area contributed by atoms with E-state index in [0.29, 0.717) is 30.2 Å². The molecule has 3 heterocycles. The number of nitrogens with one attached hydrogen (secondary N) is 1. The summed E-state index contributed by atoms with van der Waals surface area (Å²) in [4.78, 5) is 46.2. The first kappa shape index (κ1) is 27.5. The molecule has 1 aliphatic heterocycles. The maximum absolute atomic E-state index is 13.8. The van der Waals surface area contributed by atoms with Crippen LogP contribution in [-0.2, 0) is 24.9 Å². The van der Waals surface area contributed by atoms with Crippen LogP contribution in [0.25, 0.3) is 11.2 Å². The van der Waals surface area contributed by atoms with Crippen LogP contribution in [0.3, 0.4) is 0 Å². The van der Waals surface area contributed by atoms with Gasteiger partial charge in [-0.3, -0.25) is 18.5 Å². The van der Waals surface area contributed by atoms with Crippen molar-refractivity contribution in [2.24, 2.45) is 7.05 Å². The fraction of sp³-hybridized carbons (Fsp3) is 0.464. The van der Waals surface area contributed by atoms with Gasteiger partial charge in [-0.1, -0.05) is 18.1 Å². The summed E-state index contributed by atoms with van der Waals surface area (Å²) < 4.78 is 9.68. The third-order valence-electron chi connectivity index (χ3n) is 6.45. The topological polar surface area (TPSA) is 127 Å². The van der Waals surface area contributed by atoms with Crippen molar-refractivity contribution in [2.75, 3.05) is 18.0 Å². The molecule has 1 aromatic carbocycles. The van der Waals surface area contributed by atoms with Crippen molar-refractivity contribution in [1.29, 1.82) is 5.26 Å². The molecule has 2 aromatic heterocycles. The molecule has 11 heteroatoms. The number of imidazole rings is 1. The zero-order chi connectivity index (χ0) is 28.3. The number of carbonyl (C=O) groups excluding carboxylic acids is 1. The standard InChI is InChI=1S/C28H33N7O4/c1-6-7-14-34-22-23(31-25(34)33-13-9-12-21(18-33)30-26(37)39-28(2,3)4)32(5)27(38)35(24(22)36)17-20-11-8-10-19(15-20)16-29/h8,10-11,15,21H,9,12-14,17-18H2,1-5H3,(H,30,37)/t21-/m1/s1. The van der Waals surface area contributed by atoms with Gasteiger partial charge >= 0.3 is 11.8 Å². The molecular formula is C28H33N7O4. The van der Waals surface area contributed by atoms with Gasteiger partial charge in [-0.15, -0.1) is 5.92 Å². The Morgan fingerprint density at radius 2 is 2.03 bits per heavy atom. The number of hydrogen-bond acceptors (Lipinski definition) is 7. The maximum Gasteiger partial charge on any atom is 0.407 e. The Kier molecular flexibility index (Phi) is 7.82. The van der Waals surface area contributed by atoms with E-state index in [4.69, 9.17) is 9.72 Å². The minimum Gasteiger partial charge on any atom is -0.444 e. The number of alkyl carbamates (subject to hydrolysis) is 1. The second-order valence-corrected chi connectivity index (χ2v) is 10.6. The van der Waals surface area contributed by atoms with E-state index in [2.05, 4.69) is 23.2 Å². The Morgan fingerprint density at radius 1 is 1.26 bits per heavy atom. The zero-order valence-corrected chi connectivity index (χ0v) is 22.9. The molecule has 0 saturated carbocycles. The van der Waals surface area contributed by atoms with Gasteiger partial charge < -0.3 is 15.0 Å². The summed E-state index contributed by atoms with van der Waals surface area (Å²) in [7, 11) is 1.59. The number of anilines is 1. The van der Waals surface area contributed by atoms with Crippen molar-refractivity contribution in [3.05, 3.63) is 56.2 Å². The van der Waals surface area contributed by atoms with Crippen LogP contribution in [0.5, 0.6) is 0 Å². The fourth-order valence-corrected chi connectivity index (χ4v) is 4.72. The second kappa shape index (κ2) is 11.1. The number of amides is 1. The Hall–Kier alpha value is -4.51. The molecule has 1 aliphatic rings. The van der Waals surface area contributed by atoms with E-state index in [1.54, 1.807) is 42.8 Å².